The molecule has 2 amide bonds. The van der Waals surface area contributed by atoms with E-state index < -0.39 is 0 Å². The van der Waals surface area contributed by atoms with E-state index in [9.17, 15) is 9.59 Å². The average molecular weight is 541 g/mol. The van der Waals surface area contributed by atoms with Gasteiger partial charge >= 0.3 is 0 Å². The Kier molecular flexibility index (Phi) is 7.72. The minimum absolute atomic E-state index is 0.109. The van der Waals surface area contributed by atoms with Gasteiger partial charge in [0.2, 0.25) is 0 Å². The molecular formula is C30H32N6O2S. The van der Waals surface area contributed by atoms with E-state index >= 15 is 0 Å². The molecule has 0 bridgehead atoms. The Morgan fingerprint density at radius 2 is 1.74 bits per heavy atom. The van der Waals surface area contributed by atoms with Gasteiger partial charge in [-0.15, -0.1) is 10.2 Å². The van der Waals surface area contributed by atoms with Crippen molar-refractivity contribution in [2.24, 2.45) is 0 Å². The number of likely N-dealkylation sites (N-methyl/N-ethyl adjacent to an activating group) is 1. The second-order valence-electron chi connectivity index (χ2n) is 9.50. The van der Waals surface area contributed by atoms with Crippen LogP contribution in [-0.4, -0.2) is 58.1 Å². The Bertz CT molecular complexity index is 1550. The first-order chi connectivity index (χ1) is 18.9. The molecule has 39 heavy (non-hydrogen) atoms. The monoisotopic (exact) mass is 540 g/mol. The molecule has 0 atom stereocenters. The summed E-state index contributed by atoms with van der Waals surface area (Å²) in [7, 11) is 0. The zero-order chi connectivity index (χ0) is 27.5. The van der Waals surface area contributed by atoms with Crippen LogP contribution in [0.2, 0.25) is 0 Å². The normalized spacial score (nSPS) is 13.7. The van der Waals surface area contributed by atoms with Gasteiger partial charge in [0.05, 0.1) is 11.1 Å². The highest BCUT2D eigenvalue weighted by atomic mass is 32.1. The Morgan fingerprint density at radius 3 is 2.46 bits per heavy atom. The highest BCUT2D eigenvalue weighted by Gasteiger charge is 2.26. The van der Waals surface area contributed by atoms with Crippen molar-refractivity contribution in [1.82, 2.24) is 25.4 Å². The average Bonchev–Trinajstić information content (AvgIpc) is 3.63. The highest BCUT2D eigenvalue weighted by molar-refractivity contribution is 7.17. The van der Waals surface area contributed by atoms with Gasteiger partial charge in [-0.25, -0.2) is 0 Å². The maximum Gasteiger partial charge on any atom is 0.256 e. The number of fused-ring (bicyclic) bond motifs is 1. The number of benzene rings is 2. The number of nitrogens with zero attached hydrogens (tertiary/aromatic N) is 3. The molecule has 2 aromatic carbocycles. The number of carbonyl (C=O) groups is 2. The summed E-state index contributed by atoms with van der Waals surface area (Å²) in [5.74, 6) is -0.289. The summed E-state index contributed by atoms with van der Waals surface area (Å²) in [6.07, 6.45) is 1.83. The molecule has 5 rings (SSSR count). The summed E-state index contributed by atoms with van der Waals surface area (Å²) in [6.45, 7) is 11.3. The molecule has 1 aliphatic rings. The number of H-pyrrole nitrogens is 1. The lowest BCUT2D eigenvalue weighted by Gasteiger charge is -2.18. The smallest absolute Gasteiger partial charge is 0.256 e. The van der Waals surface area contributed by atoms with Gasteiger partial charge in [0.25, 0.3) is 11.8 Å². The molecule has 2 aromatic heterocycles. The summed E-state index contributed by atoms with van der Waals surface area (Å²) in [4.78, 5) is 31.6. The zero-order valence-electron chi connectivity index (χ0n) is 22.6. The SMILES string of the molecule is CCN(CC)CCNC(=O)c1c(C)[nH]c(/C=C2\C(=O)Nc3ccc(-c4nnc(-c5ccccc5)s4)cc32)c1C. The van der Waals surface area contributed by atoms with Crippen LogP contribution in [0.25, 0.3) is 32.8 Å². The minimum Gasteiger partial charge on any atom is -0.358 e. The first-order valence-corrected chi connectivity index (χ1v) is 14.0. The fourth-order valence-corrected chi connectivity index (χ4v) is 5.71. The number of aromatic nitrogens is 3. The van der Waals surface area contributed by atoms with Gasteiger partial charge in [-0.3, -0.25) is 9.59 Å². The Balaban J connectivity index is 1.41. The summed E-state index contributed by atoms with van der Waals surface area (Å²) >= 11 is 1.51. The van der Waals surface area contributed by atoms with Gasteiger partial charge in [0.15, 0.2) is 0 Å². The van der Waals surface area contributed by atoms with Crippen molar-refractivity contribution in [3.05, 3.63) is 76.6 Å². The van der Waals surface area contributed by atoms with Crippen molar-refractivity contribution in [1.29, 1.82) is 0 Å². The van der Waals surface area contributed by atoms with Crippen molar-refractivity contribution in [2.75, 3.05) is 31.5 Å². The fraction of sp³-hybridized carbons (Fsp3) is 0.267. The van der Waals surface area contributed by atoms with Crippen molar-refractivity contribution in [2.45, 2.75) is 27.7 Å². The lowest BCUT2D eigenvalue weighted by Crippen LogP contribution is -2.35. The van der Waals surface area contributed by atoms with Crippen LogP contribution in [0.15, 0.2) is 48.5 Å². The number of amides is 2. The minimum atomic E-state index is -0.179. The number of rotatable bonds is 9. The summed E-state index contributed by atoms with van der Waals surface area (Å²) < 4.78 is 0. The molecule has 0 fully saturated rings. The molecule has 0 saturated heterocycles. The number of aromatic amines is 1. The third kappa shape index (κ3) is 5.41. The number of hydrogen-bond acceptors (Lipinski definition) is 6. The first-order valence-electron chi connectivity index (χ1n) is 13.2. The lowest BCUT2D eigenvalue weighted by atomic mass is 10.0. The van der Waals surface area contributed by atoms with E-state index in [0.717, 1.165) is 69.0 Å². The number of anilines is 1. The van der Waals surface area contributed by atoms with Crippen molar-refractivity contribution < 1.29 is 9.59 Å². The van der Waals surface area contributed by atoms with E-state index in [1.807, 2.05) is 68.5 Å². The molecule has 1 aliphatic heterocycles. The van der Waals surface area contributed by atoms with E-state index in [1.165, 1.54) is 11.3 Å². The quantitative estimate of drug-likeness (QED) is 0.247. The highest BCUT2D eigenvalue weighted by Crippen LogP contribution is 2.38. The van der Waals surface area contributed by atoms with Crippen LogP contribution in [0.1, 0.15) is 46.7 Å². The Morgan fingerprint density at radius 1 is 1.03 bits per heavy atom. The zero-order valence-corrected chi connectivity index (χ0v) is 23.4. The molecule has 0 aliphatic carbocycles. The number of nitrogens with one attached hydrogen (secondary N) is 3. The topological polar surface area (TPSA) is 103 Å². The molecular weight excluding hydrogens is 508 g/mol. The van der Waals surface area contributed by atoms with Crippen LogP contribution in [0, 0.1) is 13.8 Å². The van der Waals surface area contributed by atoms with Crippen LogP contribution in [0.5, 0.6) is 0 Å². The molecule has 0 spiro atoms. The molecule has 9 heteroatoms. The number of carbonyl (C=O) groups excluding carboxylic acids is 2. The molecule has 4 aromatic rings. The maximum atomic E-state index is 13.0. The number of hydrogen-bond donors (Lipinski definition) is 3. The summed E-state index contributed by atoms with van der Waals surface area (Å²) in [5.41, 5.74) is 6.95. The molecule has 0 radical (unpaired) electrons. The summed E-state index contributed by atoms with van der Waals surface area (Å²) in [5, 5.41) is 16.4. The van der Waals surface area contributed by atoms with Crippen molar-refractivity contribution >= 4 is 40.5 Å². The molecule has 3 heterocycles. The van der Waals surface area contributed by atoms with E-state index in [4.69, 9.17) is 0 Å². The second-order valence-corrected chi connectivity index (χ2v) is 10.5. The molecule has 200 valence electrons. The van der Waals surface area contributed by atoms with Crippen LogP contribution < -0.4 is 10.6 Å². The van der Waals surface area contributed by atoms with Crippen LogP contribution in [0.4, 0.5) is 5.69 Å². The molecule has 0 unspecified atom stereocenters. The largest absolute Gasteiger partial charge is 0.358 e. The van der Waals surface area contributed by atoms with Crippen molar-refractivity contribution in [3.63, 3.8) is 0 Å². The van der Waals surface area contributed by atoms with Crippen LogP contribution >= 0.6 is 11.3 Å². The lowest BCUT2D eigenvalue weighted by molar-refractivity contribution is -0.110. The Labute approximate surface area is 232 Å². The van der Waals surface area contributed by atoms with E-state index in [2.05, 4.69) is 44.6 Å². The molecule has 3 N–H and O–H groups in total. The van der Waals surface area contributed by atoms with Crippen molar-refractivity contribution in [3.8, 4) is 21.1 Å². The van der Waals surface area contributed by atoms with Gasteiger partial charge < -0.3 is 20.5 Å². The van der Waals surface area contributed by atoms with Crippen LogP contribution in [-0.2, 0) is 4.79 Å². The third-order valence-electron chi connectivity index (χ3n) is 7.10. The summed E-state index contributed by atoms with van der Waals surface area (Å²) in [6, 6.07) is 15.8. The van der Waals surface area contributed by atoms with Gasteiger partial charge in [-0.2, -0.15) is 0 Å². The first kappa shape index (κ1) is 26.5. The van der Waals surface area contributed by atoms with Gasteiger partial charge in [0, 0.05) is 46.9 Å². The maximum absolute atomic E-state index is 13.0. The molecule has 0 saturated carbocycles. The van der Waals surface area contributed by atoms with E-state index in [0.29, 0.717) is 17.7 Å². The molecule has 8 nitrogen and oxygen atoms in total. The van der Waals surface area contributed by atoms with Gasteiger partial charge in [0.1, 0.15) is 10.0 Å². The predicted molar refractivity (Wildman–Crippen MR) is 158 cm³/mol. The third-order valence-corrected chi connectivity index (χ3v) is 8.12. The van der Waals surface area contributed by atoms with Gasteiger partial charge in [-0.1, -0.05) is 55.5 Å². The standard InChI is InChI=1S/C30H32N6O2S/c1-5-36(6-2)15-14-31-28(38)26-18(3)25(32-19(26)4)17-23-22-16-21(12-13-24(22)33-27(23)37)30-35-34-29(39-30)20-10-8-7-9-11-20/h7-13,16-17,32H,5-6,14-15H2,1-4H3,(H,31,38)(H,33,37)/b23-17-. The Hall–Kier alpha value is -4.08. The fourth-order valence-electron chi connectivity index (χ4n) is 4.86. The predicted octanol–water partition coefficient (Wildman–Crippen LogP) is 5.38. The van der Waals surface area contributed by atoms with E-state index in [-0.39, 0.29) is 11.8 Å². The van der Waals surface area contributed by atoms with E-state index in [1.54, 1.807) is 0 Å². The van der Waals surface area contributed by atoms with Gasteiger partial charge in [-0.05, 0) is 56.8 Å². The van der Waals surface area contributed by atoms with Crippen LogP contribution in [0.3, 0.4) is 0 Å². The number of aryl methyl sites for hydroxylation is 1. The second kappa shape index (κ2) is 11.3.